The Kier molecular flexibility index (Phi) is 4.40. The molecule has 3 N–H and O–H groups in total. The maximum absolute atomic E-state index is 11.6. The van der Waals surface area contributed by atoms with Crippen molar-refractivity contribution in [2.75, 3.05) is 0 Å². The van der Waals surface area contributed by atoms with E-state index in [4.69, 9.17) is 10.8 Å². The summed E-state index contributed by atoms with van der Waals surface area (Å²) in [5.41, 5.74) is 5.11. The van der Waals surface area contributed by atoms with Gasteiger partial charge in [-0.2, -0.15) is 0 Å². The van der Waals surface area contributed by atoms with E-state index >= 15 is 0 Å². The highest BCUT2D eigenvalue weighted by Crippen LogP contribution is 2.10. The van der Waals surface area contributed by atoms with E-state index in [9.17, 15) is 9.59 Å². The molecule has 0 fully saturated rings. The van der Waals surface area contributed by atoms with Crippen molar-refractivity contribution in [3.05, 3.63) is 35.9 Å². The number of carboxylic acids is 1. The molecule has 4 nitrogen and oxygen atoms in total. The van der Waals surface area contributed by atoms with Crippen LogP contribution < -0.4 is 5.73 Å². The van der Waals surface area contributed by atoms with Crippen molar-refractivity contribution in [3.8, 4) is 0 Å². The summed E-state index contributed by atoms with van der Waals surface area (Å²) in [7, 11) is 0. The highest BCUT2D eigenvalue weighted by molar-refractivity contribution is 5.88. The SMILES string of the molecule is CC(N)(CC(=O)CCc1ccccc1)C(=O)O. The molecule has 0 heterocycles. The van der Waals surface area contributed by atoms with Gasteiger partial charge in [-0.05, 0) is 18.9 Å². The van der Waals surface area contributed by atoms with E-state index in [0.717, 1.165) is 5.56 Å². The van der Waals surface area contributed by atoms with E-state index in [2.05, 4.69) is 0 Å². The molecule has 0 saturated heterocycles. The minimum atomic E-state index is -1.46. The van der Waals surface area contributed by atoms with E-state index in [0.29, 0.717) is 12.8 Å². The summed E-state index contributed by atoms with van der Waals surface area (Å²) in [4.78, 5) is 22.3. The zero-order chi connectivity index (χ0) is 12.9. The van der Waals surface area contributed by atoms with E-state index in [1.807, 2.05) is 30.3 Å². The van der Waals surface area contributed by atoms with Crippen molar-refractivity contribution in [1.29, 1.82) is 0 Å². The number of benzene rings is 1. The predicted octanol–water partition coefficient (Wildman–Crippen LogP) is 1.38. The zero-order valence-corrected chi connectivity index (χ0v) is 9.85. The van der Waals surface area contributed by atoms with Gasteiger partial charge in [0.1, 0.15) is 11.3 Å². The Labute approximate surface area is 100 Å². The molecule has 0 amide bonds. The van der Waals surface area contributed by atoms with Crippen LogP contribution in [0.25, 0.3) is 0 Å². The third-order valence-electron chi connectivity index (χ3n) is 2.59. The van der Waals surface area contributed by atoms with E-state index in [1.54, 1.807) is 0 Å². The van der Waals surface area contributed by atoms with E-state index < -0.39 is 11.5 Å². The summed E-state index contributed by atoms with van der Waals surface area (Å²) < 4.78 is 0. The average Bonchev–Trinajstić information content (AvgIpc) is 2.27. The lowest BCUT2D eigenvalue weighted by Gasteiger charge is -2.17. The molecular formula is C13H17NO3. The molecular weight excluding hydrogens is 218 g/mol. The zero-order valence-electron chi connectivity index (χ0n) is 9.85. The third kappa shape index (κ3) is 4.36. The van der Waals surface area contributed by atoms with Crippen LogP contribution in [0.4, 0.5) is 0 Å². The van der Waals surface area contributed by atoms with E-state index in [-0.39, 0.29) is 12.2 Å². The van der Waals surface area contributed by atoms with Crippen molar-refractivity contribution < 1.29 is 14.7 Å². The van der Waals surface area contributed by atoms with Gasteiger partial charge >= 0.3 is 5.97 Å². The highest BCUT2D eigenvalue weighted by atomic mass is 16.4. The average molecular weight is 235 g/mol. The maximum Gasteiger partial charge on any atom is 0.323 e. The van der Waals surface area contributed by atoms with Crippen LogP contribution in [0, 0.1) is 0 Å². The quantitative estimate of drug-likeness (QED) is 0.780. The molecule has 0 aliphatic rings. The Hall–Kier alpha value is -1.68. The number of hydrogen-bond donors (Lipinski definition) is 2. The number of rotatable bonds is 6. The Morgan fingerprint density at radius 3 is 2.41 bits per heavy atom. The maximum atomic E-state index is 11.6. The van der Waals surface area contributed by atoms with Crippen LogP contribution in [0.15, 0.2) is 30.3 Å². The normalized spacial score (nSPS) is 14.0. The Morgan fingerprint density at radius 2 is 1.88 bits per heavy atom. The molecule has 0 aromatic heterocycles. The van der Waals surface area contributed by atoms with Crippen molar-refractivity contribution in [2.24, 2.45) is 5.73 Å². The second kappa shape index (κ2) is 5.59. The molecule has 4 heteroatoms. The molecule has 0 saturated carbocycles. The first-order valence-electron chi connectivity index (χ1n) is 5.50. The second-order valence-corrected chi connectivity index (χ2v) is 4.42. The molecule has 0 aliphatic heterocycles. The summed E-state index contributed by atoms with van der Waals surface area (Å²) in [5, 5.41) is 8.80. The third-order valence-corrected chi connectivity index (χ3v) is 2.59. The fourth-order valence-electron chi connectivity index (χ4n) is 1.50. The van der Waals surface area contributed by atoms with Crippen LogP contribution in [0.2, 0.25) is 0 Å². The molecule has 0 bridgehead atoms. The number of aryl methyl sites for hydroxylation is 1. The van der Waals surface area contributed by atoms with Crippen LogP contribution in [-0.4, -0.2) is 22.4 Å². The number of Topliss-reactive ketones (excluding diaryl/α,β-unsaturated/α-hetero) is 1. The van der Waals surface area contributed by atoms with Crippen LogP contribution in [0.3, 0.4) is 0 Å². The van der Waals surface area contributed by atoms with Gasteiger partial charge in [0, 0.05) is 12.8 Å². The fourth-order valence-corrected chi connectivity index (χ4v) is 1.50. The molecule has 0 radical (unpaired) electrons. The lowest BCUT2D eigenvalue weighted by molar-refractivity contribution is -0.144. The van der Waals surface area contributed by atoms with Crippen LogP contribution in [0.5, 0.6) is 0 Å². The van der Waals surface area contributed by atoms with Crippen LogP contribution in [0.1, 0.15) is 25.3 Å². The number of hydrogen-bond acceptors (Lipinski definition) is 3. The van der Waals surface area contributed by atoms with Gasteiger partial charge in [-0.1, -0.05) is 30.3 Å². The smallest absolute Gasteiger partial charge is 0.323 e. The number of carbonyl (C=O) groups is 2. The van der Waals surface area contributed by atoms with Gasteiger partial charge in [0.15, 0.2) is 0 Å². The largest absolute Gasteiger partial charge is 0.480 e. The fraction of sp³-hybridized carbons (Fsp3) is 0.385. The minimum absolute atomic E-state index is 0.124. The van der Waals surface area contributed by atoms with Gasteiger partial charge in [0.25, 0.3) is 0 Å². The Balaban J connectivity index is 2.44. The number of ketones is 1. The first-order chi connectivity index (χ1) is 7.92. The van der Waals surface area contributed by atoms with Gasteiger partial charge < -0.3 is 10.8 Å². The molecule has 1 rings (SSSR count). The Bertz CT molecular complexity index is 398. The van der Waals surface area contributed by atoms with Crippen molar-refractivity contribution >= 4 is 11.8 Å². The monoisotopic (exact) mass is 235 g/mol. The minimum Gasteiger partial charge on any atom is -0.480 e. The molecule has 0 spiro atoms. The molecule has 92 valence electrons. The van der Waals surface area contributed by atoms with Crippen molar-refractivity contribution in [3.63, 3.8) is 0 Å². The summed E-state index contributed by atoms with van der Waals surface area (Å²) >= 11 is 0. The highest BCUT2D eigenvalue weighted by Gasteiger charge is 2.30. The van der Waals surface area contributed by atoms with Crippen molar-refractivity contribution in [1.82, 2.24) is 0 Å². The summed E-state index contributed by atoms with van der Waals surface area (Å²) in [6.07, 6.45) is 0.814. The predicted molar refractivity (Wildman–Crippen MR) is 64.6 cm³/mol. The van der Waals surface area contributed by atoms with Gasteiger partial charge in [-0.25, -0.2) is 0 Å². The molecule has 17 heavy (non-hydrogen) atoms. The van der Waals surface area contributed by atoms with Gasteiger partial charge in [0.2, 0.25) is 0 Å². The number of carboxylic acid groups (broad SMARTS) is 1. The van der Waals surface area contributed by atoms with Crippen molar-refractivity contribution in [2.45, 2.75) is 31.7 Å². The number of carbonyl (C=O) groups excluding carboxylic acids is 1. The molecule has 1 unspecified atom stereocenters. The van der Waals surface area contributed by atoms with Crippen LogP contribution >= 0.6 is 0 Å². The lowest BCUT2D eigenvalue weighted by Crippen LogP contribution is -2.46. The molecule has 0 aliphatic carbocycles. The molecule has 1 aromatic carbocycles. The van der Waals surface area contributed by atoms with Crippen LogP contribution in [-0.2, 0) is 16.0 Å². The summed E-state index contributed by atoms with van der Waals surface area (Å²) in [5.74, 6) is -1.27. The standard InChI is InChI=1S/C13H17NO3/c1-13(14,12(16)17)9-11(15)8-7-10-5-3-2-4-6-10/h2-6H,7-9,14H2,1H3,(H,16,17). The van der Waals surface area contributed by atoms with Gasteiger partial charge in [-0.3, -0.25) is 9.59 Å². The summed E-state index contributed by atoms with van der Waals surface area (Å²) in [6.45, 7) is 1.36. The number of nitrogens with two attached hydrogens (primary N) is 1. The number of aliphatic carboxylic acids is 1. The first kappa shape index (κ1) is 13.4. The Morgan fingerprint density at radius 1 is 1.29 bits per heavy atom. The molecule has 1 aromatic rings. The van der Waals surface area contributed by atoms with E-state index in [1.165, 1.54) is 6.92 Å². The molecule has 1 atom stereocenters. The first-order valence-corrected chi connectivity index (χ1v) is 5.50. The topological polar surface area (TPSA) is 80.4 Å². The van der Waals surface area contributed by atoms with Gasteiger partial charge in [-0.15, -0.1) is 0 Å². The van der Waals surface area contributed by atoms with Gasteiger partial charge in [0.05, 0.1) is 0 Å². The summed E-state index contributed by atoms with van der Waals surface area (Å²) in [6, 6.07) is 9.60. The second-order valence-electron chi connectivity index (χ2n) is 4.42. The lowest BCUT2D eigenvalue weighted by atomic mass is 9.94.